The first-order valence-electron chi connectivity index (χ1n) is 5.73. The largest absolute Gasteiger partial charge is 0.478 e. The van der Waals surface area contributed by atoms with E-state index in [9.17, 15) is 9.90 Å². The molecule has 2 aromatic heterocycles. The van der Waals surface area contributed by atoms with E-state index in [4.69, 9.17) is 0 Å². The van der Waals surface area contributed by atoms with Crippen LogP contribution in [0.1, 0.15) is 42.2 Å². The molecule has 6 nitrogen and oxygen atoms in total. The number of aromatic carboxylic acids is 1. The quantitative estimate of drug-likeness (QED) is 0.890. The van der Waals surface area contributed by atoms with Gasteiger partial charge in [0.25, 0.3) is 0 Å². The van der Waals surface area contributed by atoms with Crippen LogP contribution in [0.2, 0.25) is 0 Å². The van der Waals surface area contributed by atoms with Crippen LogP contribution in [0.3, 0.4) is 0 Å². The molecule has 2 heterocycles. The van der Waals surface area contributed by atoms with Gasteiger partial charge in [-0.3, -0.25) is 0 Å². The third kappa shape index (κ3) is 2.22. The van der Waals surface area contributed by atoms with Crippen molar-refractivity contribution >= 4 is 5.97 Å². The highest BCUT2D eigenvalue weighted by atomic mass is 16.4. The molecule has 2 rings (SSSR count). The van der Waals surface area contributed by atoms with E-state index in [1.54, 1.807) is 18.5 Å². The van der Waals surface area contributed by atoms with Crippen LogP contribution >= 0.6 is 0 Å². The molecule has 0 amide bonds. The molecule has 18 heavy (non-hydrogen) atoms. The minimum atomic E-state index is -0.979. The van der Waals surface area contributed by atoms with Gasteiger partial charge in [0, 0.05) is 24.5 Å². The molecule has 6 heteroatoms. The standard InChI is InChI=1S/C12H14N4O2/c1-3-8(2)10-9(11(17)18)7-16(15-10)12-13-5-4-6-14-12/h4-8H,3H2,1-2H3,(H,17,18). The zero-order chi connectivity index (χ0) is 13.1. The summed E-state index contributed by atoms with van der Waals surface area (Å²) >= 11 is 0. The Balaban J connectivity index is 2.49. The summed E-state index contributed by atoms with van der Waals surface area (Å²) in [5.74, 6) is -0.525. The average Bonchev–Trinajstić information content (AvgIpc) is 2.84. The lowest BCUT2D eigenvalue weighted by atomic mass is 10.0. The van der Waals surface area contributed by atoms with E-state index in [2.05, 4.69) is 15.1 Å². The van der Waals surface area contributed by atoms with Gasteiger partial charge in [0.05, 0.1) is 5.69 Å². The summed E-state index contributed by atoms with van der Waals surface area (Å²) in [6.07, 6.45) is 5.47. The van der Waals surface area contributed by atoms with Crippen molar-refractivity contribution < 1.29 is 9.90 Å². The molecule has 1 atom stereocenters. The zero-order valence-electron chi connectivity index (χ0n) is 10.2. The molecule has 0 fully saturated rings. The monoisotopic (exact) mass is 246 g/mol. The van der Waals surface area contributed by atoms with Crippen molar-refractivity contribution in [2.45, 2.75) is 26.2 Å². The fraction of sp³-hybridized carbons (Fsp3) is 0.333. The predicted molar refractivity (Wildman–Crippen MR) is 64.8 cm³/mol. The van der Waals surface area contributed by atoms with E-state index in [1.807, 2.05) is 13.8 Å². The maximum Gasteiger partial charge on any atom is 0.339 e. The first-order chi connectivity index (χ1) is 8.63. The van der Waals surface area contributed by atoms with Gasteiger partial charge in [-0.05, 0) is 12.5 Å². The molecule has 0 saturated carbocycles. The molecule has 0 bridgehead atoms. The molecule has 0 aliphatic carbocycles. The molecular weight excluding hydrogens is 232 g/mol. The van der Waals surface area contributed by atoms with Crippen molar-refractivity contribution in [3.05, 3.63) is 35.9 Å². The van der Waals surface area contributed by atoms with Crippen molar-refractivity contribution in [3.8, 4) is 5.95 Å². The molecule has 0 aromatic carbocycles. The second kappa shape index (κ2) is 4.95. The summed E-state index contributed by atoms with van der Waals surface area (Å²) in [6.45, 7) is 3.94. The van der Waals surface area contributed by atoms with Gasteiger partial charge in [0.15, 0.2) is 0 Å². The van der Waals surface area contributed by atoms with E-state index in [0.717, 1.165) is 6.42 Å². The molecule has 1 N–H and O–H groups in total. The first kappa shape index (κ1) is 12.2. The summed E-state index contributed by atoms with van der Waals surface area (Å²) < 4.78 is 1.41. The number of carboxylic acids is 1. The highest BCUT2D eigenvalue weighted by Gasteiger charge is 2.20. The Kier molecular flexibility index (Phi) is 3.36. The summed E-state index contributed by atoms with van der Waals surface area (Å²) in [7, 11) is 0. The number of hydrogen-bond acceptors (Lipinski definition) is 4. The fourth-order valence-corrected chi connectivity index (χ4v) is 1.62. The maximum absolute atomic E-state index is 11.2. The maximum atomic E-state index is 11.2. The van der Waals surface area contributed by atoms with Gasteiger partial charge in [-0.2, -0.15) is 5.10 Å². The highest BCUT2D eigenvalue weighted by Crippen LogP contribution is 2.21. The fourth-order valence-electron chi connectivity index (χ4n) is 1.62. The third-order valence-electron chi connectivity index (χ3n) is 2.81. The summed E-state index contributed by atoms with van der Waals surface area (Å²) in [6, 6.07) is 1.70. The number of hydrogen-bond donors (Lipinski definition) is 1. The van der Waals surface area contributed by atoms with E-state index in [-0.39, 0.29) is 11.5 Å². The van der Waals surface area contributed by atoms with Crippen molar-refractivity contribution in [2.24, 2.45) is 0 Å². The third-order valence-corrected chi connectivity index (χ3v) is 2.81. The van der Waals surface area contributed by atoms with Gasteiger partial charge in [-0.15, -0.1) is 0 Å². The highest BCUT2D eigenvalue weighted by molar-refractivity contribution is 5.88. The molecule has 94 valence electrons. The lowest BCUT2D eigenvalue weighted by Gasteiger charge is -2.05. The SMILES string of the molecule is CCC(C)c1nn(-c2ncccn2)cc1C(=O)O. The van der Waals surface area contributed by atoms with Crippen LogP contribution in [0.25, 0.3) is 5.95 Å². The second-order valence-corrected chi connectivity index (χ2v) is 4.04. The molecule has 0 aliphatic heterocycles. The molecular formula is C12H14N4O2. The Hall–Kier alpha value is -2.24. The van der Waals surface area contributed by atoms with Crippen LogP contribution in [0.4, 0.5) is 0 Å². The van der Waals surface area contributed by atoms with Crippen LogP contribution in [-0.4, -0.2) is 30.8 Å². The van der Waals surface area contributed by atoms with Crippen molar-refractivity contribution in [3.63, 3.8) is 0 Å². The number of aromatic nitrogens is 4. The smallest absolute Gasteiger partial charge is 0.339 e. The predicted octanol–water partition coefficient (Wildman–Crippen LogP) is 1.87. The number of rotatable bonds is 4. The van der Waals surface area contributed by atoms with Crippen LogP contribution in [0, 0.1) is 0 Å². The summed E-state index contributed by atoms with van der Waals surface area (Å²) in [4.78, 5) is 19.3. The normalized spacial score (nSPS) is 12.3. The molecule has 1 unspecified atom stereocenters. The van der Waals surface area contributed by atoms with Crippen molar-refractivity contribution in [1.29, 1.82) is 0 Å². The van der Waals surface area contributed by atoms with Gasteiger partial charge in [0.2, 0.25) is 5.95 Å². The number of carbonyl (C=O) groups is 1. The van der Waals surface area contributed by atoms with Gasteiger partial charge in [0.1, 0.15) is 5.56 Å². The first-order valence-corrected chi connectivity index (χ1v) is 5.73. The Morgan fingerprint density at radius 3 is 2.67 bits per heavy atom. The molecule has 0 saturated heterocycles. The lowest BCUT2D eigenvalue weighted by molar-refractivity contribution is 0.0695. The van der Waals surface area contributed by atoms with E-state index < -0.39 is 5.97 Å². The Labute approximate surface area is 104 Å². The minimum Gasteiger partial charge on any atom is -0.478 e. The second-order valence-electron chi connectivity index (χ2n) is 4.04. The topological polar surface area (TPSA) is 80.9 Å². The van der Waals surface area contributed by atoms with Gasteiger partial charge >= 0.3 is 5.97 Å². The Bertz CT molecular complexity index is 550. The van der Waals surface area contributed by atoms with Crippen LogP contribution in [0.15, 0.2) is 24.7 Å². The zero-order valence-corrected chi connectivity index (χ0v) is 10.2. The average molecular weight is 246 g/mol. The van der Waals surface area contributed by atoms with E-state index in [1.165, 1.54) is 10.9 Å². The van der Waals surface area contributed by atoms with E-state index >= 15 is 0 Å². The summed E-state index contributed by atoms with van der Waals surface area (Å²) in [5.41, 5.74) is 0.772. The van der Waals surface area contributed by atoms with Gasteiger partial charge < -0.3 is 5.11 Å². The molecule has 0 radical (unpaired) electrons. The van der Waals surface area contributed by atoms with Crippen LogP contribution < -0.4 is 0 Å². The minimum absolute atomic E-state index is 0.0843. The summed E-state index contributed by atoms with van der Waals surface area (Å²) in [5, 5.41) is 13.5. The Morgan fingerprint density at radius 2 is 2.11 bits per heavy atom. The van der Waals surface area contributed by atoms with Crippen LogP contribution in [-0.2, 0) is 0 Å². The number of carboxylic acid groups (broad SMARTS) is 1. The molecule has 0 spiro atoms. The van der Waals surface area contributed by atoms with Crippen molar-refractivity contribution in [1.82, 2.24) is 19.7 Å². The molecule has 2 aromatic rings. The van der Waals surface area contributed by atoms with Gasteiger partial charge in [-0.1, -0.05) is 13.8 Å². The van der Waals surface area contributed by atoms with E-state index in [0.29, 0.717) is 11.6 Å². The molecule has 0 aliphatic rings. The van der Waals surface area contributed by atoms with Gasteiger partial charge in [-0.25, -0.2) is 19.4 Å². The number of nitrogens with zero attached hydrogens (tertiary/aromatic N) is 4. The Morgan fingerprint density at radius 1 is 1.44 bits per heavy atom. The van der Waals surface area contributed by atoms with Crippen molar-refractivity contribution in [2.75, 3.05) is 0 Å². The lowest BCUT2D eigenvalue weighted by Crippen LogP contribution is -2.03. The van der Waals surface area contributed by atoms with Crippen LogP contribution in [0.5, 0.6) is 0 Å².